The summed E-state index contributed by atoms with van der Waals surface area (Å²) in [6.45, 7) is 1.85. The van der Waals surface area contributed by atoms with Crippen LogP contribution < -0.4 is 5.32 Å². The predicted octanol–water partition coefficient (Wildman–Crippen LogP) is 2.57. The maximum absolute atomic E-state index is 8.70. The highest BCUT2D eigenvalue weighted by molar-refractivity contribution is 5.23. The van der Waals surface area contributed by atoms with E-state index in [2.05, 4.69) is 53.8 Å². The van der Waals surface area contributed by atoms with Gasteiger partial charge in [-0.2, -0.15) is 0 Å². The van der Waals surface area contributed by atoms with Gasteiger partial charge in [-0.05, 0) is 17.5 Å². The number of rotatable bonds is 9. The number of hydrogen-bond acceptors (Lipinski definition) is 3. The fraction of sp³-hybridized carbons (Fsp3) is 0.333. The molecule has 2 aromatic rings. The molecule has 2 aromatic carbocycles. The van der Waals surface area contributed by atoms with E-state index in [4.69, 9.17) is 9.84 Å². The average Bonchev–Trinajstić information content (AvgIpc) is 2.55. The van der Waals surface area contributed by atoms with Gasteiger partial charge in [0.05, 0.1) is 19.8 Å². The molecule has 0 saturated carbocycles. The number of hydrogen-bond donors (Lipinski definition) is 2. The third-order valence-corrected chi connectivity index (χ3v) is 3.36. The molecule has 0 aromatic heterocycles. The van der Waals surface area contributed by atoms with Crippen molar-refractivity contribution in [2.24, 2.45) is 0 Å². The summed E-state index contributed by atoms with van der Waals surface area (Å²) in [5, 5.41) is 12.2. The van der Waals surface area contributed by atoms with Crippen molar-refractivity contribution in [2.45, 2.75) is 12.5 Å². The first-order valence-corrected chi connectivity index (χ1v) is 7.41. The van der Waals surface area contributed by atoms with Crippen molar-refractivity contribution in [1.29, 1.82) is 0 Å². The summed E-state index contributed by atoms with van der Waals surface area (Å²) in [6, 6.07) is 21.2. The minimum Gasteiger partial charge on any atom is -0.394 e. The minimum absolute atomic E-state index is 0.0755. The van der Waals surface area contributed by atoms with Crippen molar-refractivity contribution in [1.82, 2.24) is 5.32 Å². The van der Waals surface area contributed by atoms with Crippen LogP contribution in [0.2, 0.25) is 0 Å². The van der Waals surface area contributed by atoms with E-state index in [-0.39, 0.29) is 12.6 Å². The SMILES string of the molecule is OCCOCCNC(Cc1ccccc1)c1ccccc1. The molecule has 0 bridgehead atoms. The van der Waals surface area contributed by atoms with Gasteiger partial charge in [-0.1, -0.05) is 60.7 Å². The Morgan fingerprint density at radius 2 is 1.57 bits per heavy atom. The van der Waals surface area contributed by atoms with Gasteiger partial charge >= 0.3 is 0 Å². The topological polar surface area (TPSA) is 41.5 Å². The molecule has 0 aliphatic carbocycles. The Bertz CT molecular complexity index is 487. The zero-order valence-electron chi connectivity index (χ0n) is 12.2. The van der Waals surface area contributed by atoms with Crippen LogP contribution in [-0.2, 0) is 11.2 Å². The molecule has 1 atom stereocenters. The maximum Gasteiger partial charge on any atom is 0.0698 e. The van der Waals surface area contributed by atoms with E-state index in [0.717, 1.165) is 13.0 Å². The van der Waals surface area contributed by atoms with Gasteiger partial charge in [0.2, 0.25) is 0 Å². The van der Waals surface area contributed by atoms with Crippen LogP contribution >= 0.6 is 0 Å². The largest absolute Gasteiger partial charge is 0.394 e. The van der Waals surface area contributed by atoms with Crippen LogP contribution in [0.25, 0.3) is 0 Å². The number of nitrogens with one attached hydrogen (secondary N) is 1. The Balaban J connectivity index is 1.94. The van der Waals surface area contributed by atoms with E-state index in [1.54, 1.807) is 0 Å². The third kappa shape index (κ3) is 5.68. The smallest absolute Gasteiger partial charge is 0.0698 e. The van der Waals surface area contributed by atoms with Crippen LogP contribution in [-0.4, -0.2) is 31.5 Å². The average molecular weight is 285 g/mol. The Kier molecular flexibility index (Phi) is 6.95. The van der Waals surface area contributed by atoms with Gasteiger partial charge < -0.3 is 15.2 Å². The molecule has 1 unspecified atom stereocenters. The molecule has 0 saturated heterocycles. The van der Waals surface area contributed by atoms with Crippen molar-refractivity contribution >= 4 is 0 Å². The highest BCUT2D eigenvalue weighted by atomic mass is 16.5. The van der Waals surface area contributed by atoms with Crippen molar-refractivity contribution in [3.63, 3.8) is 0 Å². The highest BCUT2D eigenvalue weighted by Gasteiger charge is 2.11. The fourth-order valence-corrected chi connectivity index (χ4v) is 2.31. The lowest BCUT2D eigenvalue weighted by Crippen LogP contribution is -2.27. The summed E-state index contributed by atoms with van der Waals surface area (Å²) in [5.41, 5.74) is 2.60. The zero-order valence-corrected chi connectivity index (χ0v) is 12.2. The summed E-state index contributed by atoms with van der Waals surface area (Å²) in [6.07, 6.45) is 0.949. The third-order valence-electron chi connectivity index (χ3n) is 3.36. The van der Waals surface area contributed by atoms with Crippen LogP contribution in [0.1, 0.15) is 17.2 Å². The molecule has 0 aliphatic heterocycles. The normalized spacial score (nSPS) is 12.2. The molecular formula is C18H23NO2. The van der Waals surface area contributed by atoms with Crippen molar-refractivity contribution in [2.75, 3.05) is 26.4 Å². The molecule has 3 heteroatoms. The first-order valence-electron chi connectivity index (χ1n) is 7.41. The molecule has 2 rings (SSSR count). The zero-order chi connectivity index (χ0) is 14.8. The standard InChI is InChI=1S/C18H23NO2/c20-12-14-21-13-11-19-18(17-9-5-2-6-10-17)15-16-7-3-1-4-8-16/h1-10,18-20H,11-15H2. The second-order valence-electron chi connectivity index (χ2n) is 4.94. The highest BCUT2D eigenvalue weighted by Crippen LogP contribution is 2.18. The molecule has 2 N–H and O–H groups in total. The second-order valence-corrected chi connectivity index (χ2v) is 4.94. The summed E-state index contributed by atoms with van der Waals surface area (Å²) in [5.74, 6) is 0. The van der Waals surface area contributed by atoms with E-state index >= 15 is 0 Å². The molecule has 21 heavy (non-hydrogen) atoms. The number of ether oxygens (including phenoxy) is 1. The Hall–Kier alpha value is -1.68. The van der Waals surface area contributed by atoms with Crippen molar-refractivity contribution in [3.05, 3.63) is 71.8 Å². The first kappa shape index (κ1) is 15.7. The summed E-state index contributed by atoms with van der Waals surface area (Å²) in [4.78, 5) is 0. The molecule has 0 heterocycles. The maximum atomic E-state index is 8.70. The van der Waals surface area contributed by atoms with E-state index in [0.29, 0.717) is 13.2 Å². The lowest BCUT2D eigenvalue weighted by Gasteiger charge is -2.19. The van der Waals surface area contributed by atoms with Gasteiger partial charge in [0.25, 0.3) is 0 Å². The fourth-order valence-electron chi connectivity index (χ4n) is 2.31. The molecule has 0 spiro atoms. The Labute approximate surface area is 126 Å². The van der Waals surface area contributed by atoms with Crippen LogP contribution in [0.5, 0.6) is 0 Å². The van der Waals surface area contributed by atoms with Gasteiger partial charge in [-0.3, -0.25) is 0 Å². The lowest BCUT2D eigenvalue weighted by molar-refractivity contribution is 0.0925. The van der Waals surface area contributed by atoms with E-state index in [1.165, 1.54) is 11.1 Å². The quantitative estimate of drug-likeness (QED) is 0.696. The first-order chi connectivity index (χ1) is 10.4. The van der Waals surface area contributed by atoms with E-state index in [1.807, 2.05) is 12.1 Å². The molecule has 0 aliphatic rings. The van der Waals surface area contributed by atoms with Crippen LogP contribution in [0, 0.1) is 0 Å². The van der Waals surface area contributed by atoms with E-state index < -0.39 is 0 Å². The van der Waals surface area contributed by atoms with Gasteiger partial charge in [-0.15, -0.1) is 0 Å². The molecular weight excluding hydrogens is 262 g/mol. The monoisotopic (exact) mass is 285 g/mol. The van der Waals surface area contributed by atoms with Gasteiger partial charge in [0.15, 0.2) is 0 Å². The van der Waals surface area contributed by atoms with Crippen molar-refractivity contribution < 1.29 is 9.84 Å². The number of benzene rings is 2. The number of aliphatic hydroxyl groups is 1. The minimum atomic E-state index is 0.0755. The number of aliphatic hydroxyl groups excluding tert-OH is 1. The molecule has 3 nitrogen and oxygen atoms in total. The van der Waals surface area contributed by atoms with Gasteiger partial charge in [0, 0.05) is 12.6 Å². The molecule has 0 radical (unpaired) electrons. The van der Waals surface area contributed by atoms with Crippen LogP contribution in [0.4, 0.5) is 0 Å². The van der Waals surface area contributed by atoms with Crippen LogP contribution in [0.3, 0.4) is 0 Å². The van der Waals surface area contributed by atoms with Gasteiger partial charge in [0.1, 0.15) is 0 Å². The summed E-state index contributed by atoms with van der Waals surface area (Å²) < 4.78 is 5.31. The summed E-state index contributed by atoms with van der Waals surface area (Å²) in [7, 11) is 0. The predicted molar refractivity (Wildman–Crippen MR) is 85.2 cm³/mol. The molecule has 112 valence electrons. The van der Waals surface area contributed by atoms with Crippen LogP contribution in [0.15, 0.2) is 60.7 Å². The lowest BCUT2D eigenvalue weighted by atomic mass is 9.99. The Morgan fingerprint density at radius 3 is 2.24 bits per heavy atom. The molecule has 0 amide bonds. The van der Waals surface area contributed by atoms with E-state index in [9.17, 15) is 0 Å². The Morgan fingerprint density at radius 1 is 0.905 bits per heavy atom. The second kappa shape index (κ2) is 9.29. The van der Waals surface area contributed by atoms with Gasteiger partial charge in [-0.25, -0.2) is 0 Å². The summed E-state index contributed by atoms with van der Waals surface area (Å²) >= 11 is 0. The molecule has 0 fully saturated rings. The van der Waals surface area contributed by atoms with Crippen molar-refractivity contribution in [3.8, 4) is 0 Å².